The van der Waals surface area contributed by atoms with Gasteiger partial charge in [0.1, 0.15) is 12.9 Å². The van der Waals surface area contributed by atoms with Gasteiger partial charge in [-0.15, -0.1) is 34.2 Å². The Balaban J connectivity index is 0.00000256. The van der Waals surface area contributed by atoms with E-state index in [4.69, 9.17) is 9.47 Å². The summed E-state index contributed by atoms with van der Waals surface area (Å²) in [6, 6.07) is 16.0. The molecule has 0 spiro atoms. The monoisotopic (exact) mass is 520 g/mol. The Morgan fingerprint density at radius 1 is 1.10 bits per heavy atom. The molecule has 2 N–H and O–H groups in total. The van der Waals surface area contributed by atoms with E-state index >= 15 is 0 Å². The standard InChI is InChI=1S/C21H24N6O2.HI/c1-2-22-21(23-11-10-16-8-9-18-19(12-16)29-15-28-18)24-13-20-26-25-14-27(20)17-6-4-3-5-7-17;/h3-9,12,14H,2,10-11,13,15H2,1H3,(H2,22,23,24);1H. The summed E-state index contributed by atoms with van der Waals surface area (Å²) < 4.78 is 12.7. The maximum absolute atomic E-state index is 5.44. The first-order chi connectivity index (χ1) is 14.3. The molecule has 2 aromatic carbocycles. The van der Waals surface area contributed by atoms with Crippen LogP contribution in [0.25, 0.3) is 5.69 Å². The molecular weight excluding hydrogens is 495 g/mol. The van der Waals surface area contributed by atoms with E-state index in [0.29, 0.717) is 13.3 Å². The fraction of sp³-hybridized carbons (Fsp3) is 0.286. The van der Waals surface area contributed by atoms with E-state index < -0.39 is 0 Å². The van der Waals surface area contributed by atoms with Gasteiger partial charge in [0.2, 0.25) is 6.79 Å². The summed E-state index contributed by atoms with van der Waals surface area (Å²) in [7, 11) is 0. The van der Waals surface area contributed by atoms with Crippen LogP contribution in [0.4, 0.5) is 0 Å². The smallest absolute Gasteiger partial charge is 0.231 e. The van der Waals surface area contributed by atoms with E-state index in [2.05, 4.69) is 31.9 Å². The van der Waals surface area contributed by atoms with Crippen LogP contribution in [0.2, 0.25) is 0 Å². The van der Waals surface area contributed by atoms with Gasteiger partial charge in [0.05, 0.1) is 0 Å². The summed E-state index contributed by atoms with van der Waals surface area (Å²) in [5, 5.41) is 14.9. The van der Waals surface area contributed by atoms with E-state index in [1.54, 1.807) is 6.33 Å². The van der Waals surface area contributed by atoms with E-state index in [1.165, 1.54) is 5.56 Å². The van der Waals surface area contributed by atoms with Gasteiger partial charge in [0.25, 0.3) is 0 Å². The topological polar surface area (TPSA) is 85.6 Å². The van der Waals surface area contributed by atoms with E-state index in [1.807, 2.05) is 54.0 Å². The SMILES string of the molecule is CCNC(=NCc1nncn1-c1ccccc1)NCCc1ccc2c(c1)OCO2.I. The van der Waals surface area contributed by atoms with Gasteiger partial charge >= 0.3 is 0 Å². The molecule has 0 unspecified atom stereocenters. The van der Waals surface area contributed by atoms with Crippen LogP contribution in [0.5, 0.6) is 11.5 Å². The number of para-hydroxylation sites is 1. The van der Waals surface area contributed by atoms with Gasteiger partial charge in [-0.2, -0.15) is 0 Å². The Bertz CT molecular complexity index is 977. The number of halogens is 1. The van der Waals surface area contributed by atoms with Crippen molar-refractivity contribution in [2.45, 2.75) is 19.9 Å². The van der Waals surface area contributed by atoms with Crippen LogP contribution in [0, 0.1) is 0 Å². The summed E-state index contributed by atoms with van der Waals surface area (Å²) >= 11 is 0. The van der Waals surface area contributed by atoms with Gasteiger partial charge in [-0.25, -0.2) is 4.99 Å². The Labute approximate surface area is 192 Å². The van der Waals surface area contributed by atoms with Crippen LogP contribution in [0.1, 0.15) is 18.3 Å². The van der Waals surface area contributed by atoms with E-state index in [-0.39, 0.29) is 24.0 Å². The maximum atomic E-state index is 5.44. The lowest BCUT2D eigenvalue weighted by Crippen LogP contribution is -2.38. The Hall–Kier alpha value is -2.82. The van der Waals surface area contributed by atoms with Crippen molar-refractivity contribution in [2.24, 2.45) is 4.99 Å². The van der Waals surface area contributed by atoms with Gasteiger partial charge < -0.3 is 20.1 Å². The van der Waals surface area contributed by atoms with Crippen molar-refractivity contribution in [3.8, 4) is 17.2 Å². The maximum Gasteiger partial charge on any atom is 0.231 e. The molecule has 0 bridgehead atoms. The molecule has 30 heavy (non-hydrogen) atoms. The predicted octanol–water partition coefficient (Wildman–Crippen LogP) is 2.91. The molecule has 4 rings (SSSR count). The minimum atomic E-state index is 0. The highest BCUT2D eigenvalue weighted by Gasteiger charge is 2.13. The lowest BCUT2D eigenvalue weighted by atomic mass is 10.1. The molecule has 0 fully saturated rings. The number of hydrogen-bond donors (Lipinski definition) is 2. The first-order valence-electron chi connectivity index (χ1n) is 9.68. The van der Waals surface area contributed by atoms with Crippen LogP contribution in [0.15, 0.2) is 59.9 Å². The number of rotatable bonds is 7. The molecule has 0 amide bonds. The number of guanidine groups is 1. The van der Waals surface area contributed by atoms with Crippen LogP contribution in [0.3, 0.4) is 0 Å². The highest BCUT2D eigenvalue weighted by molar-refractivity contribution is 14.0. The molecule has 1 aliphatic heterocycles. The second-order valence-corrected chi connectivity index (χ2v) is 6.51. The van der Waals surface area contributed by atoms with Crippen molar-refractivity contribution in [3.63, 3.8) is 0 Å². The largest absolute Gasteiger partial charge is 0.454 e. The molecule has 1 aliphatic rings. The minimum Gasteiger partial charge on any atom is -0.454 e. The Kier molecular flexibility index (Phi) is 7.89. The second kappa shape index (κ2) is 10.8. The van der Waals surface area contributed by atoms with Crippen molar-refractivity contribution >= 4 is 29.9 Å². The average Bonchev–Trinajstić information content (AvgIpc) is 3.41. The molecule has 0 atom stereocenters. The lowest BCUT2D eigenvalue weighted by Gasteiger charge is -2.12. The predicted molar refractivity (Wildman–Crippen MR) is 126 cm³/mol. The molecule has 0 radical (unpaired) electrons. The number of hydrogen-bond acceptors (Lipinski definition) is 5. The molecule has 0 saturated heterocycles. The number of fused-ring (bicyclic) bond motifs is 1. The number of aromatic nitrogens is 3. The molecular formula is C21H25IN6O2. The highest BCUT2D eigenvalue weighted by Crippen LogP contribution is 2.32. The van der Waals surface area contributed by atoms with Gasteiger partial charge in [-0.1, -0.05) is 24.3 Å². The van der Waals surface area contributed by atoms with Crippen molar-refractivity contribution in [3.05, 3.63) is 66.2 Å². The van der Waals surface area contributed by atoms with E-state index in [9.17, 15) is 0 Å². The van der Waals surface area contributed by atoms with Crippen molar-refractivity contribution in [2.75, 3.05) is 19.9 Å². The zero-order valence-corrected chi connectivity index (χ0v) is 19.1. The first kappa shape index (κ1) is 21.9. The summed E-state index contributed by atoms with van der Waals surface area (Å²) in [5.74, 6) is 3.14. The number of ether oxygens (including phenoxy) is 2. The second-order valence-electron chi connectivity index (χ2n) is 6.51. The first-order valence-corrected chi connectivity index (χ1v) is 9.68. The molecule has 1 aromatic heterocycles. The minimum absolute atomic E-state index is 0. The molecule has 8 nitrogen and oxygen atoms in total. The molecule has 3 aromatic rings. The number of benzene rings is 2. The van der Waals surface area contributed by atoms with Gasteiger partial charge in [0, 0.05) is 18.8 Å². The summed E-state index contributed by atoms with van der Waals surface area (Å²) in [5.41, 5.74) is 2.20. The third kappa shape index (κ3) is 5.41. The Morgan fingerprint density at radius 3 is 2.77 bits per heavy atom. The fourth-order valence-corrected chi connectivity index (χ4v) is 3.08. The molecule has 0 saturated carbocycles. The van der Waals surface area contributed by atoms with Gasteiger partial charge in [0.15, 0.2) is 23.3 Å². The van der Waals surface area contributed by atoms with Gasteiger partial charge in [-0.05, 0) is 43.2 Å². The zero-order valence-electron chi connectivity index (χ0n) is 16.7. The summed E-state index contributed by atoms with van der Waals surface area (Å²) in [6.45, 7) is 4.29. The molecule has 0 aliphatic carbocycles. The quantitative estimate of drug-likeness (QED) is 0.283. The van der Waals surface area contributed by atoms with Crippen LogP contribution in [-0.2, 0) is 13.0 Å². The lowest BCUT2D eigenvalue weighted by molar-refractivity contribution is 0.174. The molecule has 2 heterocycles. The zero-order chi connectivity index (χ0) is 19.9. The Morgan fingerprint density at radius 2 is 1.93 bits per heavy atom. The van der Waals surface area contributed by atoms with Gasteiger partial charge in [-0.3, -0.25) is 4.57 Å². The molecule has 9 heteroatoms. The van der Waals surface area contributed by atoms with Crippen LogP contribution < -0.4 is 20.1 Å². The highest BCUT2D eigenvalue weighted by atomic mass is 127. The normalized spacial score (nSPS) is 12.4. The number of nitrogens with one attached hydrogen (secondary N) is 2. The summed E-state index contributed by atoms with van der Waals surface area (Å²) in [6.07, 6.45) is 2.56. The summed E-state index contributed by atoms with van der Waals surface area (Å²) in [4.78, 5) is 4.66. The van der Waals surface area contributed by atoms with Crippen molar-refractivity contribution in [1.29, 1.82) is 0 Å². The number of nitrogens with zero attached hydrogens (tertiary/aromatic N) is 4. The van der Waals surface area contributed by atoms with Crippen LogP contribution in [-0.4, -0.2) is 40.6 Å². The molecule has 158 valence electrons. The fourth-order valence-electron chi connectivity index (χ4n) is 3.08. The average molecular weight is 520 g/mol. The van der Waals surface area contributed by atoms with Crippen molar-refractivity contribution < 1.29 is 9.47 Å². The third-order valence-corrected chi connectivity index (χ3v) is 4.52. The van der Waals surface area contributed by atoms with Crippen LogP contribution >= 0.6 is 24.0 Å². The van der Waals surface area contributed by atoms with Crippen molar-refractivity contribution in [1.82, 2.24) is 25.4 Å². The third-order valence-electron chi connectivity index (χ3n) is 4.52. The number of aliphatic imine (C=N–C) groups is 1. The van der Waals surface area contributed by atoms with E-state index in [0.717, 1.165) is 48.5 Å².